The molecule has 0 atom stereocenters. The molecule has 0 radical (unpaired) electrons. The Kier molecular flexibility index (Phi) is 6.83. The number of amides is 1. The molecule has 1 amide bonds. The summed E-state index contributed by atoms with van der Waals surface area (Å²) in [5.74, 6) is 0.678. The van der Waals surface area contributed by atoms with Crippen LogP contribution in [-0.2, 0) is 21.4 Å². The zero-order valence-corrected chi connectivity index (χ0v) is 21.3. The molecule has 0 bridgehead atoms. The zero-order chi connectivity index (χ0) is 24.7. The number of hydrogen-bond acceptors (Lipinski definition) is 4. The highest BCUT2D eigenvalue weighted by atomic mass is 35.5. The minimum absolute atomic E-state index is 0.0639. The Morgan fingerprint density at radius 1 is 1.26 bits per heavy atom. The van der Waals surface area contributed by atoms with Crippen molar-refractivity contribution in [2.45, 2.75) is 90.4 Å². The molecule has 2 aromatic rings. The summed E-state index contributed by atoms with van der Waals surface area (Å²) in [5.41, 5.74) is 3.22. The molecular weight excluding hydrogens is 452 g/mol. The summed E-state index contributed by atoms with van der Waals surface area (Å²) in [7, 11) is 0. The zero-order valence-electron chi connectivity index (χ0n) is 20.5. The molecule has 1 aromatic carbocycles. The Morgan fingerprint density at radius 2 is 1.97 bits per heavy atom. The van der Waals surface area contributed by atoms with E-state index in [1.165, 1.54) is 0 Å². The van der Waals surface area contributed by atoms with E-state index in [-0.39, 0.29) is 24.2 Å². The molecule has 2 fully saturated rings. The Hall–Kier alpha value is -2.34. The number of nitrogens with zero attached hydrogens (tertiary/aromatic N) is 1. The van der Waals surface area contributed by atoms with Crippen LogP contribution in [0.4, 0.5) is 5.69 Å². The number of carbonyl (C=O) groups is 2. The van der Waals surface area contributed by atoms with Gasteiger partial charge in [0.1, 0.15) is 5.76 Å². The Morgan fingerprint density at radius 3 is 2.56 bits per heavy atom. The average molecular weight is 487 g/mol. The lowest BCUT2D eigenvalue weighted by Crippen LogP contribution is -2.44. The highest BCUT2D eigenvalue weighted by Gasteiger charge is 2.53. The summed E-state index contributed by atoms with van der Waals surface area (Å²) in [6.07, 6.45) is 5.59. The largest absolute Gasteiger partial charge is 0.481 e. The monoisotopic (exact) mass is 486 g/mol. The van der Waals surface area contributed by atoms with Gasteiger partial charge < -0.3 is 14.9 Å². The lowest BCUT2D eigenvalue weighted by molar-refractivity contribution is -0.140. The van der Waals surface area contributed by atoms with Crippen LogP contribution in [0, 0.1) is 18.3 Å². The number of benzene rings is 1. The van der Waals surface area contributed by atoms with Gasteiger partial charge in [-0.2, -0.15) is 0 Å². The molecule has 34 heavy (non-hydrogen) atoms. The van der Waals surface area contributed by atoms with Gasteiger partial charge in [-0.25, -0.2) is 0 Å². The Bertz CT molecular complexity index is 1070. The summed E-state index contributed by atoms with van der Waals surface area (Å²) >= 11 is 6.24. The van der Waals surface area contributed by atoms with Gasteiger partial charge in [0.05, 0.1) is 22.8 Å². The molecule has 0 spiro atoms. The van der Waals surface area contributed by atoms with Gasteiger partial charge in [-0.1, -0.05) is 43.6 Å². The number of anilines is 1. The Balaban J connectivity index is 1.49. The first-order valence-electron chi connectivity index (χ1n) is 12.2. The number of hydrogen-bond donors (Lipinski definition) is 2. The summed E-state index contributed by atoms with van der Waals surface area (Å²) in [5, 5.41) is 17.4. The van der Waals surface area contributed by atoms with E-state index in [0.29, 0.717) is 29.0 Å². The standard InChI is InChI=1S/C27H35ClN2O4/c1-16-5-8-20(19(28)11-16)29-22(31)10-9-21-24(18-6-7-18)25(34-30-21)27(15-23(32)33)13-17(14-27)12-26(2,3)4/h5,8,11,17-18H,6-7,9-10,12-15H2,1-4H3,(H,29,31)(H,32,33). The quantitative estimate of drug-likeness (QED) is 0.414. The van der Waals surface area contributed by atoms with Crippen LogP contribution in [0.1, 0.15) is 94.2 Å². The van der Waals surface area contributed by atoms with Crippen LogP contribution in [0.2, 0.25) is 5.02 Å². The third-order valence-corrected chi connectivity index (χ3v) is 7.32. The minimum Gasteiger partial charge on any atom is -0.481 e. The molecule has 2 saturated carbocycles. The third kappa shape index (κ3) is 5.65. The molecule has 4 rings (SSSR count). The number of nitrogens with one attached hydrogen (secondary N) is 1. The van der Waals surface area contributed by atoms with Crippen LogP contribution in [0.15, 0.2) is 22.7 Å². The molecule has 184 valence electrons. The van der Waals surface area contributed by atoms with Crippen molar-refractivity contribution in [3.05, 3.63) is 45.8 Å². The summed E-state index contributed by atoms with van der Waals surface area (Å²) in [6, 6.07) is 5.53. The second kappa shape index (κ2) is 9.37. The van der Waals surface area contributed by atoms with Crippen molar-refractivity contribution in [1.29, 1.82) is 0 Å². The fourth-order valence-electron chi connectivity index (χ4n) is 5.61. The maximum atomic E-state index is 12.6. The fourth-order valence-corrected chi connectivity index (χ4v) is 5.89. The first kappa shape index (κ1) is 24.8. The lowest BCUT2D eigenvalue weighted by Gasteiger charge is -2.47. The molecule has 7 heteroatoms. The van der Waals surface area contributed by atoms with E-state index in [1.54, 1.807) is 6.07 Å². The van der Waals surface area contributed by atoms with Crippen molar-refractivity contribution in [3.8, 4) is 0 Å². The highest BCUT2D eigenvalue weighted by molar-refractivity contribution is 6.33. The highest BCUT2D eigenvalue weighted by Crippen LogP contribution is 2.57. The van der Waals surface area contributed by atoms with Crippen LogP contribution in [0.5, 0.6) is 0 Å². The van der Waals surface area contributed by atoms with Gasteiger partial charge in [0, 0.05) is 23.8 Å². The van der Waals surface area contributed by atoms with Crippen molar-refractivity contribution in [3.63, 3.8) is 0 Å². The molecule has 0 unspecified atom stereocenters. The smallest absolute Gasteiger partial charge is 0.304 e. The molecular formula is C27H35ClN2O4. The minimum atomic E-state index is -0.803. The molecule has 1 aromatic heterocycles. The number of rotatable bonds is 9. The number of aliphatic carboxylic acids is 1. The van der Waals surface area contributed by atoms with Crippen LogP contribution >= 0.6 is 11.6 Å². The van der Waals surface area contributed by atoms with Gasteiger partial charge in [0.2, 0.25) is 5.91 Å². The van der Waals surface area contributed by atoms with Gasteiger partial charge in [0.15, 0.2) is 0 Å². The van der Waals surface area contributed by atoms with E-state index in [9.17, 15) is 14.7 Å². The van der Waals surface area contributed by atoms with Crippen LogP contribution in [0.3, 0.4) is 0 Å². The molecule has 6 nitrogen and oxygen atoms in total. The predicted octanol–water partition coefficient (Wildman–Crippen LogP) is 6.64. The van der Waals surface area contributed by atoms with Crippen molar-refractivity contribution in [2.24, 2.45) is 11.3 Å². The SMILES string of the molecule is Cc1ccc(NC(=O)CCc2noc(C3(CC(=O)O)CC(CC(C)(C)C)C3)c2C2CC2)c(Cl)c1. The van der Waals surface area contributed by atoms with Crippen molar-refractivity contribution < 1.29 is 19.2 Å². The lowest BCUT2D eigenvalue weighted by atomic mass is 9.55. The van der Waals surface area contributed by atoms with E-state index >= 15 is 0 Å². The number of halogens is 1. The molecule has 0 aliphatic heterocycles. The van der Waals surface area contributed by atoms with Gasteiger partial charge in [-0.05, 0) is 74.0 Å². The third-order valence-electron chi connectivity index (χ3n) is 7.01. The summed E-state index contributed by atoms with van der Waals surface area (Å²) in [6.45, 7) is 8.62. The van der Waals surface area contributed by atoms with Gasteiger partial charge in [-0.3, -0.25) is 9.59 Å². The summed E-state index contributed by atoms with van der Waals surface area (Å²) < 4.78 is 5.90. The summed E-state index contributed by atoms with van der Waals surface area (Å²) in [4.78, 5) is 24.4. The van der Waals surface area contributed by atoms with Crippen molar-refractivity contribution >= 4 is 29.2 Å². The number of carbonyl (C=O) groups excluding carboxylic acids is 1. The second-order valence-electron chi connectivity index (χ2n) is 11.6. The molecule has 0 saturated heterocycles. The van der Waals surface area contributed by atoms with Crippen molar-refractivity contribution in [2.75, 3.05) is 5.32 Å². The number of aryl methyl sites for hydroxylation is 2. The Labute approximate surface area is 206 Å². The van der Waals surface area contributed by atoms with Gasteiger partial charge in [0.25, 0.3) is 0 Å². The molecule has 2 aliphatic carbocycles. The topological polar surface area (TPSA) is 92.4 Å². The number of carboxylic acid groups (broad SMARTS) is 1. The van der Waals surface area contributed by atoms with E-state index in [0.717, 1.165) is 54.7 Å². The first-order chi connectivity index (χ1) is 16.0. The van der Waals surface area contributed by atoms with Crippen LogP contribution in [-0.4, -0.2) is 22.1 Å². The fraction of sp³-hybridized carbons (Fsp3) is 0.593. The van der Waals surface area contributed by atoms with Gasteiger partial charge in [-0.15, -0.1) is 0 Å². The second-order valence-corrected chi connectivity index (χ2v) is 12.0. The van der Waals surface area contributed by atoms with E-state index in [4.69, 9.17) is 16.1 Å². The molecule has 2 aliphatic rings. The number of carboxylic acids is 1. The maximum absolute atomic E-state index is 12.6. The number of aromatic nitrogens is 1. The van der Waals surface area contributed by atoms with E-state index in [2.05, 4.69) is 31.2 Å². The predicted molar refractivity (Wildman–Crippen MR) is 132 cm³/mol. The van der Waals surface area contributed by atoms with Crippen LogP contribution in [0.25, 0.3) is 0 Å². The van der Waals surface area contributed by atoms with Crippen molar-refractivity contribution in [1.82, 2.24) is 5.16 Å². The molecule has 1 heterocycles. The maximum Gasteiger partial charge on any atom is 0.304 e. The normalized spacial score (nSPS) is 22.3. The van der Waals surface area contributed by atoms with Crippen LogP contribution < -0.4 is 5.32 Å². The van der Waals surface area contributed by atoms with E-state index < -0.39 is 11.4 Å². The molecule has 2 N–H and O–H groups in total. The average Bonchev–Trinajstić information content (AvgIpc) is 3.44. The van der Waals surface area contributed by atoms with Gasteiger partial charge >= 0.3 is 5.97 Å². The van der Waals surface area contributed by atoms with E-state index in [1.807, 2.05) is 19.1 Å². The first-order valence-corrected chi connectivity index (χ1v) is 12.6.